The van der Waals surface area contributed by atoms with Crippen molar-refractivity contribution in [2.45, 2.75) is 51.4 Å². The van der Waals surface area contributed by atoms with Gasteiger partial charge in [0.1, 0.15) is 0 Å². The van der Waals surface area contributed by atoms with Crippen LogP contribution in [0.5, 0.6) is 0 Å². The molecule has 1 fully saturated rings. The van der Waals surface area contributed by atoms with Crippen LogP contribution in [0, 0.1) is 23.2 Å². The Hall–Kier alpha value is -1.78. The fourth-order valence-electron chi connectivity index (χ4n) is 4.14. The van der Waals surface area contributed by atoms with Gasteiger partial charge in [0.2, 0.25) is 0 Å². The van der Waals surface area contributed by atoms with Crippen molar-refractivity contribution in [3.05, 3.63) is 70.3 Å². The summed E-state index contributed by atoms with van der Waals surface area (Å²) in [6.07, 6.45) is 12.7. The average molecular weight is 352 g/mol. The van der Waals surface area contributed by atoms with Gasteiger partial charge in [-0.1, -0.05) is 61.0 Å². The van der Waals surface area contributed by atoms with E-state index in [4.69, 9.17) is 11.6 Å². The van der Waals surface area contributed by atoms with Crippen LogP contribution in [-0.2, 0) is 6.42 Å². The first-order valence-electron chi connectivity index (χ1n) is 9.28. The van der Waals surface area contributed by atoms with E-state index in [2.05, 4.69) is 49.9 Å². The molecule has 0 aromatic heterocycles. The molecule has 1 aromatic rings. The summed E-state index contributed by atoms with van der Waals surface area (Å²) in [5, 5.41) is 10.2. The van der Waals surface area contributed by atoms with Crippen molar-refractivity contribution in [2.75, 3.05) is 0 Å². The molecule has 130 valence electrons. The second-order valence-electron chi connectivity index (χ2n) is 7.67. The molecular formula is C23H26ClN. The number of nitrogens with zero attached hydrogens (tertiary/aromatic N) is 1. The molecule has 2 aliphatic rings. The molecule has 3 atom stereocenters. The van der Waals surface area contributed by atoms with Crippen molar-refractivity contribution in [3.63, 3.8) is 0 Å². The van der Waals surface area contributed by atoms with Crippen molar-refractivity contribution in [3.8, 4) is 6.07 Å². The highest BCUT2D eigenvalue weighted by Crippen LogP contribution is 2.40. The quantitative estimate of drug-likeness (QED) is 0.590. The van der Waals surface area contributed by atoms with Gasteiger partial charge in [-0.2, -0.15) is 5.26 Å². The molecule has 2 heteroatoms. The smallest absolute Gasteiger partial charge is 0.0656 e. The molecule has 1 saturated carbocycles. The molecule has 0 aliphatic heterocycles. The highest BCUT2D eigenvalue weighted by Gasteiger charge is 2.27. The molecule has 0 saturated heterocycles. The van der Waals surface area contributed by atoms with Crippen LogP contribution in [0.1, 0.15) is 56.1 Å². The van der Waals surface area contributed by atoms with Crippen molar-refractivity contribution in [1.82, 2.24) is 0 Å². The maximum Gasteiger partial charge on any atom is 0.0656 e. The lowest BCUT2D eigenvalue weighted by molar-refractivity contribution is 0.295. The summed E-state index contributed by atoms with van der Waals surface area (Å²) in [6, 6.07) is 8.95. The zero-order valence-corrected chi connectivity index (χ0v) is 15.7. The average Bonchev–Trinajstić information content (AvgIpc) is 2.80. The van der Waals surface area contributed by atoms with Crippen molar-refractivity contribution in [1.29, 1.82) is 5.26 Å². The molecule has 0 N–H and O–H groups in total. The molecule has 0 amide bonds. The van der Waals surface area contributed by atoms with Gasteiger partial charge in [-0.15, -0.1) is 0 Å². The summed E-state index contributed by atoms with van der Waals surface area (Å²) in [5.74, 6) is 1.27. The van der Waals surface area contributed by atoms with E-state index in [-0.39, 0.29) is 5.92 Å². The predicted molar refractivity (Wildman–Crippen MR) is 106 cm³/mol. The molecule has 3 rings (SSSR count). The van der Waals surface area contributed by atoms with Crippen LogP contribution in [0.2, 0.25) is 5.02 Å². The van der Waals surface area contributed by atoms with Gasteiger partial charge >= 0.3 is 0 Å². The van der Waals surface area contributed by atoms with Gasteiger partial charge in [-0.05, 0) is 73.1 Å². The molecular weight excluding hydrogens is 326 g/mol. The molecule has 1 aromatic carbocycles. The Bertz CT molecular complexity index is 750. The number of halogens is 1. The third-order valence-corrected chi connectivity index (χ3v) is 5.83. The number of rotatable bonds is 3. The minimum Gasteiger partial charge on any atom is -0.198 e. The van der Waals surface area contributed by atoms with E-state index < -0.39 is 0 Å². The Morgan fingerprint density at radius 3 is 2.88 bits per heavy atom. The van der Waals surface area contributed by atoms with Gasteiger partial charge in [0.05, 0.1) is 6.07 Å². The molecule has 3 unspecified atom stereocenters. The van der Waals surface area contributed by atoms with Crippen LogP contribution in [0.25, 0.3) is 0 Å². The predicted octanol–water partition coefficient (Wildman–Crippen LogP) is 6.76. The lowest BCUT2D eigenvalue weighted by atomic mass is 9.73. The molecule has 25 heavy (non-hydrogen) atoms. The van der Waals surface area contributed by atoms with Gasteiger partial charge in [-0.25, -0.2) is 0 Å². The Balaban J connectivity index is 1.81. The largest absolute Gasteiger partial charge is 0.198 e. The number of nitriles is 1. The zero-order valence-electron chi connectivity index (χ0n) is 15.0. The van der Waals surface area contributed by atoms with E-state index in [1.165, 1.54) is 28.7 Å². The Morgan fingerprint density at radius 1 is 1.24 bits per heavy atom. The second-order valence-corrected chi connectivity index (χ2v) is 8.08. The van der Waals surface area contributed by atoms with Crippen LogP contribution in [-0.4, -0.2) is 0 Å². The molecule has 0 bridgehead atoms. The molecule has 1 nitrogen and oxygen atoms in total. The van der Waals surface area contributed by atoms with Crippen molar-refractivity contribution < 1.29 is 0 Å². The van der Waals surface area contributed by atoms with Gasteiger partial charge in [0.15, 0.2) is 0 Å². The van der Waals surface area contributed by atoms with Gasteiger partial charge in [0, 0.05) is 10.9 Å². The monoisotopic (exact) mass is 351 g/mol. The maximum atomic E-state index is 9.34. The Morgan fingerprint density at radius 2 is 2.08 bits per heavy atom. The summed E-state index contributed by atoms with van der Waals surface area (Å²) < 4.78 is 0. The number of hydrogen-bond acceptors (Lipinski definition) is 1. The second kappa shape index (κ2) is 8.07. The lowest BCUT2D eigenvalue weighted by Gasteiger charge is -2.30. The highest BCUT2D eigenvalue weighted by atomic mass is 35.5. The first-order chi connectivity index (χ1) is 12.0. The minimum absolute atomic E-state index is 0.186. The fraction of sp³-hybridized carbons (Fsp3) is 0.435. The summed E-state index contributed by atoms with van der Waals surface area (Å²) in [5.41, 5.74) is 5.03. The first-order valence-corrected chi connectivity index (χ1v) is 9.65. The SMILES string of the molecule is C=C1C=CC(Cc2cc(C3CC(C)CC(C#N)C3)ccc2Cl)=CCC1. The summed E-state index contributed by atoms with van der Waals surface area (Å²) in [4.78, 5) is 0. The van der Waals surface area contributed by atoms with Crippen LogP contribution < -0.4 is 0 Å². The topological polar surface area (TPSA) is 23.8 Å². The maximum absolute atomic E-state index is 9.34. The Kier molecular flexibility index (Phi) is 5.82. The van der Waals surface area contributed by atoms with E-state index in [0.29, 0.717) is 11.8 Å². The van der Waals surface area contributed by atoms with Crippen molar-refractivity contribution in [2.24, 2.45) is 11.8 Å². The van der Waals surface area contributed by atoms with Gasteiger partial charge in [-0.3, -0.25) is 0 Å². The number of hydrogen-bond donors (Lipinski definition) is 0. The normalized spacial score (nSPS) is 26.7. The minimum atomic E-state index is 0.186. The Labute approximate surface area is 156 Å². The highest BCUT2D eigenvalue weighted by molar-refractivity contribution is 6.31. The summed E-state index contributed by atoms with van der Waals surface area (Å²) in [7, 11) is 0. The standard InChI is InChI=1S/C23H26ClN/c1-16-4-3-5-18(7-6-16)12-22-14-20(8-9-23(22)24)21-11-17(2)10-19(13-21)15-25/h5-9,14,17,19,21H,1,3-4,10-13H2,2H3. The summed E-state index contributed by atoms with van der Waals surface area (Å²) in [6.45, 7) is 6.32. The number of allylic oxidation sites excluding steroid dienone is 5. The third-order valence-electron chi connectivity index (χ3n) is 5.47. The van der Waals surface area contributed by atoms with Gasteiger partial charge in [0.25, 0.3) is 0 Å². The van der Waals surface area contributed by atoms with E-state index in [1.807, 2.05) is 6.07 Å². The fourth-order valence-corrected chi connectivity index (χ4v) is 4.32. The van der Waals surface area contributed by atoms with Crippen molar-refractivity contribution >= 4 is 11.6 Å². The molecule has 0 heterocycles. The van der Waals surface area contributed by atoms with E-state index in [9.17, 15) is 5.26 Å². The first kappa shape index (κ1) is 18.0. The van der Waals surface area contributed by atoms with Crippen LogP contribution in [0.4, 0.5) is 0 Å². The lowest BCUT2D eigenvalue weighted by Crippen LogP contribution is -2.19. The van der Waals surface area contributed by atoms with E-state index >= 15 is 0 Å². The van der Waals surface area contributed by atoms with Crippen LogP contribution >= 0.6 is 11.6 Å². The molecule has 0 spiro atoms. The van der Waals surface area contributed by atoms with Crippen LogP contribution in [0.15, 0.2) is 54.2 Å². The van der Waals surface area contributed by atoms with E-state index in [0.717, 1.165) is 37.1 Å². The van der Waals surface area contributed by atoms with Gasteiger partial charge < -0.3 is 0 Å². The summed E-state index contributed by atoms with van der Waals surface area (Å²) >= 11 is 6.49. The third kappa shape index (κ3) is 4.65. The zero-order chi connectivity index (χ0) is 17.8. The number of benzene rings is 1. The van der Waals surface area contributed by atoms with Crippen LogP contribution in [0.3, 0.4) is 0 Å². The molecule has 2 aliphatic carbocycles. The van der Waals surface area contributed by atoms with E-state index in [1.54, 1.807) is 0 Å². The molecule has 0 radical (unpaired) electrons.